The maximum absolute atomic E-state index is 13.1. The van der Waals surface area contributed by atoms with E-state index in [1.165, 1.54) is 4.68 Å². The van der Waals surface area contributed by atoms with Gasteiger partial charge in [-0.05, 0) is 25.0 Å². The average Bonchev–Trinajstić information content (AvgIpc) is 2.76. The molecule has 0 saturated carbocycles. The Morgan fingerprint density at radius 1 is 1.11 bits per heavy atom. The lowest BCUT2D eigenvalue weighted by atomic mass is 9.96. The molecule has 148 valence electrons. The van der Waals surface area contributed by atoms with Gasteiger partial charge in [-0.3, -0.25) is 9.59 Å². The number of aromatic nitrogens is 3. The van der Waals surface area contributed by atoms with Gasteiger partial charge in [0, 0.05) is 58.6 Å². The molecule has 2 aromatic rings. The predicted molar refractivity (Wildman–Crippen MR) is 107 cm³/mol. The van der Waals surface area contributed by atoms with E-state index in [0.717, 1.165) is 50.5 Å². The predicted octanol–water partition coefficient (Wildman–Crippen LogP) is 0.741. The molecular weight excluding hydrogens is 356 g/mol. The molecule has 1 unspecified atom stereocenters. The molecular formula is C20H26N6O2. The van der Waals surface area contributed by atoms with Crippen molar-refractivity contribution >= 4 is 17.4 Å². The van der Waals surface area contributed by atoms with E-state index in [9.17, 15) is 9.59 Å². The molecule has 2 fully saturated rings. The minimum absolute atomic E-state index is 0.0213. The molecule has 2 saturated heterocycles. The third kappa shape index (κ3) is 3.85. The lowest BCUT2D eigenvalue weighted by molar-refractivity contribution is -0.136. The number of carbonyl (C=O) groups excluding carboxylic acids is 1. The highest BCUT2D eigenvalue weighted by Crippen LogP contribution is 2.24. The Morgan fingerprint density at radius 2 is 1.93 bits per heavy atom. The van der Waals surface area contributed by atoms with Crippen LogP contribution in [0.2, 0.25) is 0 Å². The van der Waals surface area contributed by atoms with Crippen molar-refractivity contribution in [2.24, 2.45) is 13.0 Å². The summed E-state index contributed by atoms with van der Waals surface area (Å²) in [5, 5.41) is 4.09. The van der Waals surface area contributed by atoms with Gasteiger partial charge in [-0.1, -0.05) is 6.07 Å². The number of amides is 1. The second kappa shape index (κ2) is 8.00. The van der Waals surface area contributed by atoms with E-state index >= 15 is 0 Å². The SMILES string of the molecule is Cn1ncc(N2CCN(C(=O)C3CCCN(c4ccccn4)C3)CC2)cc1=O. The second-order valence-electron chi connectivity index (χ2n) is 7.46. The molecule has 2 aliphatic rings. The topological polar surface area (TPSA) is 74.6 Å². The first-order valence-electron chi connectivity index (χ1n) is 9.85. The van der Waals surface area contributed by atoms with Gasteiger partial charge in [0.25, 0.3) is 5.56 Å². The molecule has 0 N–H and O–H groups in total. The van der Waals surface area contributed by atoms with Crippen LogP contribution in [0.25, 0.3) is 0 Å². The van der Waals surface area contributed by atoms with Crippen LogP contribution in [0.15, 0.2) is 41.5 Å². The van der Waals surface area contributed by atoms with Crippen molar-refractivity contribution in [3.8, 4) is 0 Å². The fourth-order valence-corrected chi connectivity index (χ4v) is 4.00. The summed E-state index contributed by atoms with van der Waals surface area (Å²) in [5.41, 5.74) is 0.710. The summed E-state index contributed by atoms with van der Waals surface area (Å²) in [5.74, 6) is 1.21. The van der Waals surface area contributed by atoms with E-state index in [4.69, 9.17) is 0 Å². The summed E-state index contributed by atoms with van der Waals surface area (Å²) < 4.78 is 1.32. The number of anilines is 2. The van der Waals surface area contributed by atoms with Crippen molar-refractivity contribution in [3.63, 3.8) is 0 Å². The van der Waals surface area contributed by atoms with Crippen molar-refractivity contribution in [1.29, 1.82) is 0 Å². The van der Waals surface area contributed by atoms with Gasteiger partial charge in [0.1, 0.15) is 5.82 Å². The van der Waals surface area contributed by atoms with E-state index in [0.29, 0.717) is 13.1 Å². The average molecular weight is 382 g/mol. The summed E-state index contributed by atoms with van der Waals surface area (Å²) >= 11 is 0. The number of nitrogens with zero attached hydrogens (tertiary/aromatic N) is 6. The number of aryl methyl sites for hydroxylation is 1. The molecule has 2 aliphatic heterocycles. The number of pyridine rings is 1. The monoisotopic (exact) mass is 382 g/mol. The van der Waals surface area contributed by atoms with E-state index < -0.39 is 0 Å². The maximum Gasteiger partial charge on any atom is 0.268 e. The molecule has 0 aromatic carbocycles. The lowest BCUT2D eigenvalue weighted by Gasteiger charge is -2.39. The van der Waals surface area contributed by atoms with Gasteiger partial charge in [0.05, 0.1) is 17.8 Å². The molecule has 1 amide bonds. The van der Waals surface area contributed by atoms with Crippen LogP contribution in [-0.2, 0) is 11.8 Å². The number of piperidine rings is 1. The van der Waals surface area contributed by atoms with Crippen molar-refractivity contribution in [2.45, 2.75) is 12.8 Å². The zero-order valence-electron chi connectivity index (χ0n) is 16.2. The van der Waals surface area contributed by atoms with Gasteiger partial charge >= 0.3 is 0 Å². The Kier molecular flexibility index (Phi) is 5.27. The van der Waals surface area contributed by atoms with Crippen molar-refractivity contribution in [2.75, 3.05) is 49.1 Å². The normalized spacial score (nSPS) is 20.3. The van der Waals surface area contributed by atoms with Crippen LogP contribution >= 0.6 is 0 Å². The number of hydrogen-bond acceptors (Lipinski definition) is 6. The van der Waals surface area contributed by atoms with Crippen LogP contribution in [0, 0.1) is 5.92 Å². The van der Waals surface area contributed by atoms with Gasteiger partial charge < -0.3 is 14.7 Å². The molecule has 8 nitrogen and oxygen atoms in total. The molecule has 0 aliphatic carbocycles. The van der Waals surface area contributed by atoms with Crippen LogP contribution in [0.5, 0.6) is 0 Å². The van der Waals surface area contributed by atoms with Crippen LogP contribution in [0.3, 0.4) is 0 Å². The van der Waals surface area contributed by atoms with Gasteiger partial charge in [0.2, 0.25) is 5.91 Å². The van der Waals surface area contributed by atoms with Crippen molar-refractivity contribution in [1.82, 2.24) is 19.7 Å². The summed E-state index contributed by atoms with van der Waals surface area (Å²) in [6.07, 6.45) is 5.45. The van der Waals surface area contributed by atoms with Crippen molar-refractivity contribution < 1.29 is 4.79 Å². The molecule has 1 atom stereocenters. The Labute approximate surface area is 164 Å². The number of hydrogen-bond donors (Lipinski definition) is 0. The maximum atomic E-state index is 13.1. The largest absolute Gasteiger partial charge is 0.367 e. The first-order valence-corrected chi connectivity index (χ1v) is 9.85. The number of piperazine rings is 1. The van der Waals surface area contributed by atoms with Gasteiger partial charge in [-0.25, -0.2) is 9.67 Å². The Bertz CT molecular complexity index is 876. The van der Waals surface area contributed by atoms with E-state index in [2.05, 4.69) is 19.9 Å². The standard InChI is InChI=1S/C20H26N6O2/c1-23-19(27)13-17(14-22-23)24-9-11-25(12-10-24)20(28)16-5-4-8-26(15-16)18-6-2-3-7-21-18/h2-3,6-7,13-14,16H,4-5,8-12,15H2,1H3. The molecule has 2 aromatic heterocycles. The Balaban J connectivity index is 1.36. The van der Waals surface area contributed by atoms with Crippen LogP contribution in [0.1, 0.15) is 12.8 Å². The Morgan fingerprint density at radius 3 is 2.64 bits per heavy atom. The van der Waals surface area contributed by atoms with Crippen molar-refractivity contribution in [3.05, 3.63) is 47.0 Å². The third-order valence-electron chi connectivity index (χ3n) is 5.65. The molecule has 0 bridgehead atoms. The molecule has 0 radical (unpaired) electrons. The highest BCUT2D eigenvalue weighted by atomic mass is 16.2. The minimum Gasteiger partial charge on any atom is -0.367 e. The van der Waals surface area contributed by atoms with Crippen LogP contribution in [-0.4, -0.2) is 64.8 Å². The minimum atomic E-state index is -0.118. The van der Waals surface area contributed by atoms with Gasteiger partial charge in [0.15, 0.2) is 0 Å². The summed E-state index contributed by atoms with van der Waals surface area (Å²) in [7, 11) is 1.64. The summed E-state index contributed by atoms with van der Waals surface area (Å²) in [4.78, 5) is 35.6. The second-order valence-corrected chi connectivity index (χ2v) is 7.46. The first-order chi connectivity index (χ1) is 13.6. The number of carbonyl (C=O) groups is 1. The Hall–Kier alpha value is -2.90. The molecule has 4 rings (SSSR count). The van der Waals surface area contributed by atoms with E-state index in [1.807, 2.05) is 23.1 Å². The van der Waals surface area contributed by atoms with E-state index in [1.54, 1.807) is 25.5 Å². The van der Waals surface area contributed by atoms with E-state index in [-0.39, 0.29) is 17.4 Å². The molecule has 8 heteroatoms. The van der Waals surface area contributed by atoms with Gasteiger partial charge in [-0.2, -0.15) is 5.10 Å². The van der Waals surface area contributed by atoms with Gasteiger partial charge in [-0.15, -0.1) is 0 Å². The quantitative estimate of drug-likeness (QED) is 0.780. The summed E-state index contributed by atoms with van der Waals surface area (Å²) in [6, 6.07) is 7.51. The highest BCUT2D eigenvalue weighted by Gasteiger charge is 2.31. The van der Waals surface area contributed by atoms with Crippen LogP contribution < -0.4 is 15.4 Å². The van der Waals surface area contributed by atoms with Crippen LogP contribution in [0.4, 0.5) is 11.5 Å². The first kappa shape index (κ1) is 18.5. The molecule has 0 spiro atoms. The number of rotatable bonds is 3. The summed E-state index contributed by atoms with van der Waals surface area (Å²) in [6.45, 7) is 4.47. The molecule has 4 heterocycles. The third-order valence-corrected chi connectivity index (χ3v) is 5.65. The lowest BCUT2D eigenvalue weighted by Crippen LogP contribution is -2.52. The fourth-order valence-electron chi connectivity index (χ4n) is 4.00. The zero-order chi connectivity index (χ0) is 19.5. The zero-order valence-corrected chi connectivity index (χ0v) is 16.2. The fraction of sp³-hybridized carbons (Fsp3) is 0.500. The highest BCUT2D eigenvalue weighted by molar-refractivity contribution is 5.80. The molecule has 28 heavy (non-hydrogen) atoms. The smallest absolute Gasteiger partial charge is 0.268 e.